The molecule has 1 aliphatic heterocycles. The first kappa shape index (κ1) is 17.5. The van der Waals surface area contributed by atoms with E-state index in [1.165, 1.54) is 0 Å². The van der Waals surface area contributed by atoms with Crippen LogP contribution in [0.25, 0.3) is 0 Å². The molecule has 0 aliphatic carbocycles. The fraction of sp³-hybridized carbons (Fsp3) is 0.625. The van der Waals surface area contributed by atoms with Crippen LogP contribution in [0, 0.1) is 0 Å². The average Bonchev–Trinajstić information content (AvgIpc) is 2.46. The van der Waals surface area contributed by atoms with Crippen molar-refractivity contribution in [3.05, 3.63) is 24.0 Å². The van der Waals surface area contributed by atoms with Crippen molar-refractivity contribution < 1.29 is 14.3 Å². The zero-order valence-electron chi connectivity index (χ0n) is 14.0. The normalized spacial score (nSPS) is 19.3. The number of hydrogen-bond donors (Lipinski definition) is 2. The minimum Gasteiger partial charge on any atom is -0.444 e. The Morgan fingerprint density at radius 3 is 3.04 bits per heavy atom. The summed E-state index contributed by atoms with van der Waals surface area (Å²) >= 11 is 0. The van der Waals surface area contributed by atoms with E-state index in [2.05, 4.69) is 15.2 Å². The molecule has 0 aromatic carbocycles. The van der Waals surface area contributed by atoms with Crippen molar-refractivity contribution in [2.24, 2.45) is 0 Å². The van der Waals surface area contributed by atoms with Crippen LogP contribution in [0.5, 0.6) is 0 Å². The molecule has 3 N–H and O–H groups in total. The predicted molar refractivity (Wildman–Crippen MR) is 87.9 cm³/mol. The van der Waals surface area contributed by atoms with Crippen molar-refractivity contribution in [1.29, 1.82) is 0 Å². The first-order chi connectivity index (χ1) is 10.8. The molecule has 23 heavy (non-hydrogen) atoms. The second kappa shape index (κ2) is 7.61. The Morgan fingerprint density at radius 1 is 1.57 bits per heavy atom. The largest absolute Gasteiger partial charge is 0.444 e. The number of alkyl carbamates (subject to hydrolysis) is 1. The molecule has 1 atom stereocenters. The Morgan fingerprint density at radius 2 is 2.35 bits per heavy atom. The molecule has 1 saturated heterocycles. The number of carbonyl (C=O) groups excluding carboxylic acids is 1. The molecule has 7 nitrogen and oxygen atoms in total. The van der Waals surface area contributed by atoms with E-state index in [0.717, 1.165) is 25.2 Å². The zero-order valence-corrected chi connectivity index (χ0v) is 14.0. The van der Waals surface area contributed by atoms with Gasteiger partial charge in [0.15, 0.2) is 0 Å². The maximum atomic E-state index is 11.7. The van der Waals surface area contributed by atoms with Crippen LogP contribution in [-0.2, 0) is 16.0 Å². The summed E-state index contributed by atoms with van der Waals surface area (Å²) in [6, 6.07) is 1.93. The van der Waals surface area contributed by atoms with Gasteiger partial charge in [-0.1, -0.05) is 0 Å². The summed E-state index contributed by atoms with van der Waals surface area (Å²) in [7, 11) is 0. The third-order valence-electron chi connectivity index (χ3n) is 3.44. The zero-order chi connectivity index (χ0) is 16.9. The van der Waals surface area contributed by atoms with E-state index >= 15 is 0 Å². The number of carbonyl (C=O) groups is 1. The SMILES string of the molecule is CC(C)(C)OC(=O)NC[C@@H]1CN(Cc2ccncc2N)CCO1. The molecule has 0 saturated carbocycles. The van der Waals surface area contributed by atoms with Gasteiger partial charge in [0, 0.05) is 32.4 Å². The van der Waals surface area contributed by atoms with Gasteiger partial charge in [0.2, 0.25) is 0 Å². The van der Waals surface area contributed by atoms with Crippen molar-refractivity contribution in [2.45, 2.75) is 39.0 Å². The lowest BCUT2D eigenvalue weighted by molar-refractivity contribution is -0.0312. The lowest BCUT2D eigenvalue weighted by Gasteiger charge is -2.33. The summed E-state index contributed by atoms with van der Waals surface area (Å²) in [5.74, 6) is 0. The first-order valence-corrected chi connectivity index (χ1v) is 7.82. The molecule has 1 aromatic heterocycles. The van der Waals surface area contributed by atoms with Crippen LogP contribution in [0.15, 0.2) is 18.5 Å². The molecule has 2 heterocycles. The quantitative estimate of drug-likeness (QED) is 0.871. The number of aromatic nitrogens is 1. The number of nitrogens with two attached hydrogens (primary N) is 1. The van der Waals surface area contributed by atoms with E-state index in [-0.39, 0.29) is 6.10 Å². The Labute approximate surface area is 137 Å². The average molecular weight is 322 g/mol. The topological polar surface area (TPSA) is 89.7 Å². The van der Waals surface area contributed by atoms with Gasteiger partial charge in [-0.3, -0.25) is 9.88 Å². The molecule has 7 heteroatoms. The number of pyridine rings is 1. The number of anilines is 1. The van der Waals surface area contributed by atoms with Crippen LogP contribution in [-0.4, -0.2) is 53.9 Å². The predicted octanol–water partition coefficient (Wildman–Crippen LogP) is 1.39. The fourth-order valence-electron chi connectivity index (χ4n) is 2.38. The number of ether oxygens (including phenoxy) is 2. The number of hydrogen-bond acceptors (Lipinski definition) is 6. The molecule has 0 bridgehead atoms. The van der Waals surface area contributed by atoms with Gasteiger partial charge in [-0.2, -0.15) is 0 Å². The summed E-state index contributed by atoms with van der Waals surface area (Å²) in [4.78, 5) is 18.0. The maximum Gasteiger partial charge on any atom is 0.407 e. The molecule has 2 rings (SSSR count). The molecule has 0 unspecified atom stereocenters. The number of rotatable bonds is 4. The third kappa shape index (κ3) is 6.03. The molecule has 1 aromatic rings. The van der Waals surface area contributed by atoms with Crippen LogP contribution < -0.4 is 11.1 Å². The van der Waals surface area contributed by atoms with E-state index in [0.29, 0.717) is 18.8 Å². The first-order valence-electron chi connectivity index (χ1n) is 7.82. The van der Waals surface area contributed by atoms with Crippen molar-refractivity contribution in [3.63, 3.8) is 0 Å². The van der Waals surface area contributed by atoms with E-state index in [1.54, 1.807) is 12.4 Å². The van der Waals surface area contributed by atoms with E-state index in [9.17, 15) is 4.79 Å². The second-order valence-corrected chi connectivity index (χ2v) is 6.69. The third-order valence-corrected chi connectivity index (χ3v) is 3.44. The van der Waals surface area contributed by atoms with Crippen LogP contribution in [0.3, 0.4) is 0 Å². The Balaban J connectivity index is 1.79. The van der Waals surface area contributed by atoms with Gasteiger partial charge in [-0.25, -0.2) is 4.79 Å². The van der Waals surface area contributed by atoms with Crippen LogP contribution in [0.1, 0.15) is 26.3 Å². The number of nitrogens with one attached hydrogen (secondary N) is 1. The van der Waals surface area contributed by atoms with Gasteiger partial charge < -0.3 is 20.5 Å². The lowest BCUT2D eigenvalue weighted by atomic mass is 10.2. The molecule has 0 spiro atoms. The van der Waals surface area contributed by atoms with Gasteiger partial charge in [-0.15, -0.1) is 0 Å². The Kier molecular flexibility index (Phi) is 5.79. The molecule has 128 valence electrons. The Bertz CT molecular complexity index is 530. The lowest BCUT2D eigenvalue weighted by Crippen LogP contribution is -2.47. The van der Waals surface area contributed by atoms with Crippen molar-refractivity contribution in [2.75, 3.05) is 32.0 Å². The van der Waals surface area contributed by atoms with Gasteiger partial charge in [0.05, 0.1) is 24.6 Å². The summed E-state index contributed by atoms with van der Waals surface area (Å²) in [5.41, 5.74) is 7.19. The van der Waals surface area contributed by atoms with Crippen molar-refractivity contribution in [3.8, 4) is 0 Å². The number of nitrogen functional groups attached to an aromatic ring is 1. The summed E-state index contributed by atoms with van der Waals surface area (Å²) in [6.07, 6.45) is 2.93. The minimum atomic E-state index is -0.498. The maximum absolute atomic E-state index is 11.7. The summed E-state index contributed by atoms with van der Waals surface area (Å²) in [5, 5.41) is 2.76. The van der Waals surface area contributed by atoms with E-state index in [1.807, 2.05) is 26.8 Å². The van der Waals surface area contributed by atoms with E-state index < -0.39 is 11.7 Å². The molecule has 1 aliphatic rings. The van der Waals surface area contributed by atoms with Crippen molar-refractivity contribution >= 4 is 11.8 Å². The Hall–Kier alpha value is -1.86. The molecule has 0 radical (unpaired) electrons. The molecular weight excluding hydrogens is 296 g/mol. The second-order valence-electron chi connectivity index (χ2n) is 6.69. The molecular formula is C16H26N4O3. The van der Waals surface area contributed by atoms with Gasteiger partial charge >= 0.3 is 6.09 Å². The highest BCUT2D eigenvalue weighted by molar-refractivity contribution is 5.67. The minimum absolute atomic E-state index is 0.0562. The smallest absolute Gasteiger partial charge is 0.407 e. The molecule has 1 amide bonds. The van der Waals surface area contributed by atoms with Crippen LogP contribution in [0.2, 0.25) is 0 Å². The highest BCUT2D eigenvalue weighted by Crippen LogP contribution is 2.15. The summed E-state index contributed by atoms with van der Waals surface area (Å²) in [6.45, 7) is 8.89. The number of amides is 1. The highest BCUT2D eigenvalue weighted by atomic mass is 16.6. The van der Waals surface area contributed by atoms with Crippen LogP contribution >= 0.6 is 0 Å². The number of nitrogens with zero attached hydrogens (tertiary/aromatic N) is 2. The standard InChI is InChI=1S/C16H26N4O3/c1-16(2,3)23-15(21)19-8-13-11-20(6-7-22-13)10-12-4-5-18-9-14(12)17/h4-5,9,13H,6-8,10-11,17H2,1-3H3,(H,19,21)/t13-/m1/s1. The summed E-state index contributed by atoms with van der Waals surface area (Å²) < 4.78 is 10.9. The number of morpholine rings is 1. The van der Waals surface area contributed by atoms with Crippen molar-refractivity contribution in [1.82, 2.24) is 15.2 Å². The molecule has 1 fully saturated rings. The van der Waals surface area contributed by atoms with Gasteiger partial charge in [0.25, 0.3) is 0 Å². The fourth-order valence-corrected chi connectivity index (χ4v) is 2.38. The highest BCUT2D eigenvalue weighted by Gasteiger charge is 2.23. The van der Waals surface area contributed by atoms with E-state index in [4.69, 9.17) is 15.2 Å². The monoisotopic (exact) mass is 322 g/mol. The van der Waals surface area contributed by atoms with Gasteiger partial charge in [0.1, 0.15) is 5.60 Å². The van der Waals surface area contributed by atoms with Crippen LogP contribution in [0.4, 0.5) is 10.5 Å². The van der Waals surface area contributed by atoms with Gasteiger partial charge in [-0.05, 0) is 32.4 Å².